The van der Waals surface area contributed by atoms with Crippen molar-refractivity contribution >= 4 is 33.2 Å². The number of carbonyl (C=O) groups is 1. The van der Waals surface area contributed by atoms with E-state index >= 15 is 0 Å². The number of hydrogen-bond donors (Lipinski definition) is 2. The van der Waals surface area contributed by atoms with Crippen molar-refractivity contribution in [2.24, 2.45) is 5.73 Å². The van der Waals surface area contributed by atoms with Crippen LogP contribution in [0.4, 0.5) is 0 Å². The summed E-state index contributed by atoms with van der Waals surface area (Å²) in [5.74, 6) is -0.0224. The molecule has 0 saturated heterocycles. The van der Waals surface area contributed by atoms with Gasteiger partial charge in [-0.15, -0.1) is 11.3 Å². The SMILES string of the molecule is COCCNC(=O)CN(C)C(c1ccc(Br)s1)C(C)N. The van der Waals surface area contributed by atoms with Crippen molar-refractivity contribution in [3.05, 3.63) is 20.8 Å². The van der Waals surface area contributed by atoms with Crippen LogP contribution in [-0.2, 0) is 9.53 Å². The van der Waals surface area contributed by atoms with E-state index in [9.17, 15) is 4.79 Å². The van der Waals surface area contributed by atoms with Crippen molar-refractivity contribution in [2.75, 3.05) is 33.9 Å². The maximum atomic E-state index is 11.8. The van der Waals surface area contributed by atoms with Gasteiger partial charge in [0.1, 0.15) is 0 Å². The Balaban J connectivity index is 2.61. The maximum absolute atomic E-state index is 11.8. The van der Waals surface area contributed by atoms with Crippen LogP contribution >= 0.6 is 27.3 Å². The summed E-state index contributed by atoms with van der Waals surface area (Å²) < 4.78 is 5.97. The molecular weight excluding hydrogens is 342 g/mol. The normalized spacial score (nSPS) is 14.3. The quantitative estimate of drug-likeness (QED) is 0.688. The zero-order valence-electron chi connectivity index (χ0n) is 12.1. The molecule has 0 aliphatic carbocycles. The van der Waals surface area contributed by atoms with Crippen LogP contribution in [-0.4, -0.2) is 50.7 Å². The van der Waals surface area contributed by atoms with Crippen molar-refractivity contribution in [3.63, 3.8) is 0 Å². The highest BCUT2D eigenvalue weighted by atomic mass is 79.9. The van der Waals surface area contributed by atoms with Crippen LogP contribution in [0.25, 0.3) is 0 Å². The molecule has 0 saturated carbocycles. The standard InChI is InChI=1S/C13H22BrN3O2S/c1-9(15)13(10-4-5-11(14)20-10)17(2)8-12(18)16-6-7-19-3/h4-5,9,13H,6-8,15H2,1-3H3,(H,16,18). The molecule has 3 N–H and O–H groups in total. The molecule has 1 aromatic rings. The number of rotatable bonds is 8. The highest BCUT2D eigenvalue weighted by Gasteiger charge is 2.24. The zero-order chi connectivity index (χ0) is 15.1. The van der Waals surface area contributed by atoms with Gasteiger partial charge in [0, 0.05) is 24.6 Å². The average molecular weight is 364 g/mol. The van der Waals surface area contributed by atoms with Gasteiger partial charge in [0.05, 0.1) is 23.0 Å². The van der Waals surface area contributed by atoms with Gasteiger partial charge in [-0.3, -0.25) is 9.69 Å². The first-order chi connectivity index (χ1) is 9.45. The van der Waals surface area contributed by atoms with Crippen LogP contribution < -0.4 is 11.1 Å². The first-order valence-electron chi connectivity index (χ1n) is 6.42. The Morgan fingerprint density at radius 1 is 1.60 bits per heavy atom. The molecule has 7 heteroatoms. The topological polar surface area (TPSA) is 67.6 Å². The summed E-state index contributed by atoms with van der Waals surface area (Å²) in [6, 6.07) is 4.01. The van der Waals surface area contributed by atoms with E-state index in [0.717, 1.165) is 8.66 Å². The molecule has 0 aliphatic heterocycles. The van der Waals surface area contributed by atoms with Crippen molar-refractivity contribution in [1.29, 1.82) is 0 Å². The lowest BCUT2D eigenvalue weighted by atomic mass is 10.1. The number of halogens is 1. The predicted octanol–water partition coefficient (Wildman–Crippen LogP) is 1.59. The van der Waals surface area contributed by atoms with Crippen LogP contribution in [0.2, 0.25) is 0 Å². The van der Waals surface area contributed by atoms with E-state index in [-0.39, 0.29) is 18.0 Å². The number of nitrogens with one attached hydrogen (secondary N) is 1. The van der Waals surface area contributed by atoms with E-state index < -0.39 is 0 Å². The summed E-state index contributed by atoms with van der Waals surface area (Å²) in [5, 5.41) is 2.81. The first kappa shape index (κ1) is 17.6. The minimum absolute atomic E-state index is 0.0224. The van der Waals surface area contributed by atoms with Crippen LogP contribution in [0.3, 0.4) is 0 Å². The minimum atomic E-state index is -0.0580. The Labute approximate surface area is 132 Å². The Hall–Kier alpha value is -0.470. The predicted molar refractivity (Wildman–Crippen MR) is 85.9 cm³/mol. The van der Waals surface area contributed by atoms with Gasteiger partial charge < -0.3 is 15.8 Å². The molecule has 1 rings (SSSR count). The smallest absolute Gasteiger partial charge is 0.234 e. The molecule has 1 heterocycles. The molecule has 2 unspecified atom stereocenters. The third-order valence-electron chi connectivity index (χ3n) is 2.88. The number of methoxy groups -OCH3 is 1. The van der Waals surface area contributed by atoms with E-state index in [0.29, 0.717) is 19.7 Å². The summed E-state index contributed by atoms with van der Waals surface area (Å²) in [6.45, 7) is 3.31. The number of amides is 1. The molecule has 2 atom stereocenters. The highest BCUT2D eigenvalue weighted by molar-refractivity contribution is 9.11. The van der Waals surface area contributed by atoms with Crippen LogP contribution in [0.5, 0.6) is 0 Å². The van der Waals surface area contributed by atoms with Gasteiger partial charge in [0.2, 0.25) is 5.91 Å². The molecular formula is C13H22BrN3O2S. The van der Waals surface area contributed by atoms with Gasteiger partial charge in [0.15, 0.2) is 0 Å². The number of hydrogen-bond acceptors (Lipinski definition) is 5. The van der Waals surface area contributed by atoms with E-state index in [1.165, 1.54) is 0 Å². The van der Waals surface area contributed by atoms with Gasteiger partial charge in [-0.1, -0.05) is 0 Å². The van der Waals surface area contributed by atoms with Crippen molar-refractivity contribution in [2.45, 2.75) is 19.0 Å². The van der Waals surface area contributed by atoms with Gasteiger partial charge in [-0.05, 0) is 42.0 Å². The van der Waals surface area contributed by atoms with Crippen molar-refractivity contribution < 1.29 is 9.53 Å². The molecule has 0 aliphatic rings. The van der Waals surface area contributed by atoms with Crippen LogP contribution in [0.15, 0.2) is 15.9 Å². The van der Waals surface area contributed by atoms with E-state index in [2.05, 4.69) is 21.2 Å². The summed E-state index contributed by atoms with van der Waals surface area (Å²) in [4.78, 5) is 15.0. The molecule has 0 radical (unpaired) electrons. The van der Waals surface area contributed by atoms with Gasteiger partial charge in [0.25, 0.3) is 0 Å². The second-order valence-corrected chi connectivity index (χ2v) is 7.20. The van der Waals surface area contributed by atoms with Gasteiger partial charge >= 0.3 is 0 Å². The summed E-state index contributed by atoms with van der Waals surface area (Å²) >= 11 is 5.10. The summed E-state index contributed by atoms with van der Waals surface area (Å²) in [5.41, 5.74) is 6.07. The van der Waals surface area contributed by atoms with Crippen molar-refractivity contribution in [3.8, 4) is 0 Å². The molecule has 0 spiro atoms. The molecule has 0 aromatic carbocycles. The highest BCUT2D eigenvalue weighted by Crippen LogP contribution is 2.31. The Morgan fingerprint density at radius 3 is 2.80 bits per heavy atom. The van der Waals surface area contributed by atoms with Gasteiger partial charge in [-0.2, -0.15) is 0 Å². The number of thiophene rings is 1. The van der Waals surface area contributed by atoms with Crippen molar-refractivity contribution in [1.82, 2.24) is 10.2 Å². The molecule has 114 valence electrons. The molecule has 20 heavy (non-hydrogen) atoms. The average Bonchev–Trinajstić information content (AvgIpc) is 2.75. The summed E-state index contributed by atoms with van der Waals surface area (Å²) in [6.07, 6.45) is 0. The fourth-order valence-electron chi connectivity index (χ4n) is 2.04. The molecule has 0 fully saturated rings. The lowest BCUT2D eigenvalue weighted by Crippen LogP contribution is -2.43. The maximum Gasteiger partial charge on any atom is 0.234 e. The molecule has 1 amide bonds. The number of likely N-dealkylation sites (N-methyl/N-ethyl adjacent to an activating group) is 1. The number of nitrogens with zero attached hydrogens (tertiary/aromatic N) is 1. The molecule has 1 aromatic heterocycles. The van der Waals surface area contributed by atoms with Crippen LogP contribution in [0.1, 0.15) is 17.8 Å². The van der Waals surface area contributed by atoms with E-state index in [4.69, 9.17) is 10.5 Å². The second-order valence-electron chi connectivity index (χ2n) is 4.70. The lowest BCUT2D eigenvalue weighted by Gasteiger charge is -2.29. The van der Waals surface area contributed by atoms with E-state index in [1.807, 2.05) is 31.0 Å². The molecule has 0 bridgehead atoms. The Kier molecular flexibility index (Phi) is 7.68. The monoisotopic (exact) mass is 363 g/mol. The minimum Gasteiger partial charge on any atom is -0.383 e. The third kappa shape index (κ3) is 5.49. The Morgan fingerprint density at radius 2 is 2.30 bits per heavy atom. The zero-order valence-corrected chi connectivity index (χ0v) is 14.5. The first-order valence-corrected chi connectivity index (χ1v) is 8.03. The number of ether oxygens (including phenoxy) is 1. The summed E-state index contributed by atoms with van der Waals surface area (Å²) in [7, 11) is 3.52. The Bertz CT molecular complexity index is 426. The lowest BCUT2D eigenvalue weighted by molar-refractivity contribution is -0.122. The van der Waals surface area contributed by atoms with Crippen LogP contribution in [0, 0.1) is 0 Å². The fraction of sp³-hybridized carbons (Fsp3) is 0.615. The second kappa shape index (κ2) is 8.74. The number of nitrogens with two attached hydrogens (primary N) is 1. The fourth-order valence-corrected chi connectivity index (χ4v) is 3.74. The van der Waals surface area contributed by atoms with Gasteiger partial charge in [-0.25, -0.2) is 0 Å². The van der Waals surface area contributed by atoms with E-state index in [1.54, 1.807) is 18.4 Å². The largest absolute Gasteiger partial charge is 0.383 e. The third-order valence-corrected chi connectivity index (χ3v) is 4.57. The number of carbonyl (C=O) groups excluding carboxylic acids is 1. The molecule has 5 nitrogen and oxygen atoms in total.